The van der Waals surface area contributed by atoms with E-state index in [1.54, 1.807) is 12.4 Å². The summed E-state index contributed by atoms with van der Waals surface area (Å²) in [5.41, 5.74) is -0.0498. The van der Waals surface area contributed by atoms with Crippen LogP contribution in [0.1, 0.15) is 36.8 Å². The van der Waals surface area contributed by atoms with Crippen LogP contribution in [0.2, 0.25) is 0 Å². The summed E-state index contributed by atoms with van der Waals surface area (Å²) >= 11 is 0. The minimum absolute atomic E-state index is 0.0663. The topological polar surface area (TPSA) is 80.8 Å². The van der Waals surface area contributed by atoms with E-state index in [4.69, 9.17) is 4.52 Å². The van der Waals surface area contributed by atoms with Gasteiger partial charge in [-0.15, -0.1) is 0 Å². The van der Waals surface area contributed by atoms with Gasteiger partial charge in [0.1, 0.15) is 5.69 Å². The van der Waals surface area contributed by atoms with Gasteiger partial charge in [-0.3, -0.25) is 4.98 Å². The Balaban J connectivity index is 1.26. The van der Waals surface area contributed by atoms with Gasteiger partial charge in [0.25, 0.3) is 0 Å². The average molecular weight is 402 g/mol. The number of pyridine rings is 1. The Morgan fingerprint density at radius 2 is 1.93 bits per heavy atom. The summed E-state index contributed by atoms with van der Waals surface area (Å²) in [6.45, 7) is 1.20. The van der Waals surface area contributed by atoms with Crippen LogP contribution in [-0.2, 0) is 6.18 Å². The maximum absolute atomic E-state index is 12.9. The van der Waals surface area contributed by atoms with Crippen LogP contribution in [0.25, 0.3) is 11.4 Å². The monoisotopic (exact) mass is 402 g/mol. The molecule has 0 unspecified atom stereocenters. The van der Waals surface area contributed by atoms with E-state index in [9.17, 15) is 13.2 Å². The first-order chi connectivity index (χ1) is 13.9. The lowest BCUT2D eigenvalue weighted by Gasteiger charge is -2.32. The van der Waals surface area contributed by atoms with Crippen molar-refractivity contribution in [2.45, 2.75) is 31.4 Å². The van der Waals surface area contributed by atoms with Crippen molar-refractivity contribution in [3.8, 4) is 11.4 Å². The van der Waals surface area contributed by atoms with Crippen LogP contribution in [0.3, 0.4) is 0 Å². The van der Waals surface area contributed by atoms with Crippen molar-refractivity contribution in [3.05, 3.63) is 48.4 Å². The Bertz CT molecular complexity index is 1010. The number of nitrogens with zero attached hydrogens (tertiary/aromatic N) is 6. The van der Waals surface area contributed by atoms with Gasteiger partial charge in [-0.05, 0) is 42.9 Å². The van der Waals surface area contributed by atoms with E-state index in [0.717, 1.165) is 37.1 Å². The Hall–Kier alpha value is -3.04. The molecule has 1 saturated carbocycles. The third kappa shape index (κ3) is 3.32. The molecule has 0 aromatic carbocycles. The van der Waals surface area contributed by atoms with Gasteiger partial charge < -0.3 is 9.42 Å². The molecule has 3 aromatic rings. The van der Waals surface area contributed by atoms with Crippen molar-refractivity contribution in [2.75, 3.05) is 18.0 Å². The highest BCUT2D eigenvalue weighted by Gasteiger charge is 2.58. The molecule has 29 heavy (non-hydrogen) atoms. The summed E-state index contributed by atoms with van der Waals surface area (Å²) in [6, 6.07) is 4.58. The van der Waals surface area contributed by atoms with Crippen LogP contribution in [0, 0.1) is 5.41 Å². The van der Waals surface area contributed by atoms with Crippen LogP contribution in [0.5, 0.6) is 0 Å². The quantitative estimate of drug-likeness (QED) is 0.661. The van der Waals surface area contributed by atoms with Crippen LogP contribution < -0.4 is 4.90 Å². The number of piperidine rings is 1. The first kappa shape index (κ1) is 18.0. The van der Waals surface area contributed by atoms with Crippen molar-refractivity contribution < 1.29 is 17.7 Å². The summed E-state index contributed by atoms with van der Waals surface area (Å²) in [5, 5.41) is 4.06. The van der Waals surface area contributed by atoms with Crippen LogP contribution >= 0.6 is 0 Å². The van der Waals surface area contributed by atoms with Crippen molar-refractivity contribution in [1.82, 2.24) is 25.1 Å². The van der Waals surface area contributed by atoms with Crippen molar-refractivity contribution in [3.63, 3.8) is 0 Å². The largest absolute Gasteiger partial charge is 0.433 e. The van der Waals surface area contributed by atoms with Crippen LogP contribution in [0.4, 0.5) is 19.1 Å². The summed E-state index contributed by atoms with van der Waals surface area (Å²) < 4.78 is 44.2. The molecule has 0 N–H and O–H groups in total. The standard InChI is InChI=1S/C19H17F3N6O/c20-19(21,22)14-3-7-24-17(25-14)28-8-4-18(5-9-28)10-13(18)16-26-15(27-29-16)12-2-1-6-23-11-12/h1-3,6-7,11,13H,4-5,8-10H2/t13-/m1/s1. The molecule has 3 aromatic heterocycles. The second-order valence-corrected chi connectivity index (χ2v) is 7.54. The predicted octanol–water partition coefficient (Wildman–Crippen LogP) is 3.71. The molecule has 0 radical (unpaired) electrons. The molecule has 5 rings (SSSR count). The van der Waals surface area contributed by atoms with E-state index in [-0.39, 0.29) is 17.3 Å². The van der Waals surface area contributed by atoms with Gasteiger partial charge in [0.05, 0.1) is 0 Å². The predicted molar refractivity (Wildman–Crippen MR) is 95.8 cm³/mol. The fraction of sp³-hybridized carbons (Fsp3) is 0.421. The molecule has 4 heterocycles. The first-order valence-electron chi connectivity index (χ1n) is 9.34. The highest BCUT2D eigenvalue weighted by Crippen LogP contribution is 2.64. The van der Waals surface area contributed by atoms with Gasteiger partial charge in [-0.2, -0.15) is 18.2 Å². The number of alkyl halides is 3. The zero-order chi connectivity index (χ0) is 20.1. The van der Waals surface area contributed by atoms with Crippen molar-refractivity contribution in [2.24, 2.45) is 5.41 Å². The van der Waals surface area contributed by atoms with Crippen LogP contribution in [0.15, 0.2) is 41.3 Å². The highest BCUT2D eigenvalue weighted by molar-refractivity contribution is 5.52. The Morgan fingerprint density at radius 1 is 1.10 bits per heavy atom. The van der Waals surface area contributed by atoms with E-state index in [2.05, 4.69) is 25.1 Å². The molecule has 1 atom stereocenters. The lowest BCUT2D eigenvalue weighted by atomic mass is 9.91. The third-order valence-corrected chi connectivity index (χ3v) is 5.82. The Kier molecular flexibility index (Phi) is 4.04. The second-order valence-electron chi connectivity index (χ2n) is 7.54. The maximum atomic E-state index is 12.9. The summed E-state index contributed by atoms with van der Waals surface area (Å²) in [7, 11) is 0. The maximum Gasteiger partial charge on any atom is 0.433 e. The molecule has 1 spiro atoms. The summed E-state index contributed by atoms with van der Waals surface area (Å²) in [4.78, 5) is 18.1. The molecule has 0 amide bonds. The van der Waals surface area contributed by atoms with Gasteiger partial charge in [-0.1, -0.05) is 5.16 Å². The van der Waals surface area contributed by atoms with E-state index < -0.39 is 11.9 Å². The van der Waals surface area contributed by atoms with E-state index >= 15 is 0 Å². The minimum Gasteiger partial charge on any atom is -0.341 e. The van der Waals surface area contributed by atoms with E-state index in [1.165, 1.54) is 0 Å². The zero-order valence-electron chi connectivity index (χ0n) is 15.3. The molecule has 2 aliphatic rings. The lowest BCUT2D eigenvalue weighted by Crippen LogP contribution is -2.36. The average Bonchev–Trinajstić information content (AvgIpc) is 3.20. The fourth-order valence-electron chi connectivity index (χ4n) is 4.05. The molecule has 1 aliphatic heterocycles. The molecular weight excluding hydrogens is 385 g/mol. The minimum atomic E-state index is -4.47. The first-order valence-corrected chi connectivity index (χ1v) is 9.34. The molecule has 150 valence electrons. The normalized spacial score (nSPS) is 20.8. The Labute approximate surface area is 164 Å². The molecule has 1 aliphatic carbocycles. The highest BCUT2D eigenvalue weighted by atomic mass is 19.4. The molecule has 2 fully saturated rings. The van der Waals surface area contributed by atoms with E-state index in [1.807, 2.05) is 17.0 Å². The Morgan fingerprint density at radius 3 is 2.66 bits per heavy atom. The number of anilines is 1. The molecule has 0 bridgehead atoms. The van der Waals surface area contributed by atoms with Gasteiger partial charge in [-0.25, -0.2) is 9.97 Å². The van der Waals surface area contributed by atoms with Gasteiger partial charge >= 0.3 is 6.18 Å². The van der Waals surface area contributed by atoms with Crippen molar-refractivity contribution in [1.29, 1.82) is 0 Å². The molecule has 10 heteroatoms. The van der Waals surface area contributed by atoms with Crippen LogP contribution in [-0.4, -0.2) is 38.2 Å². The number of rotatable bonds is 3. The lowest BCUT2D eigenvalue weighted by molar-refractivity contribution is -0.141. The number of aromatic nitrogens is 5. The van der Waals surface area contributed by atoms with E-state index in [0.29, 0.717) is 24.8 Å². The molecular formula is C19H17F3N6O. The smallest absolute Gasteiger partial charge is 0.341 e. The number of hydrogen-bond acceptors (Lipinski definition) is 7. The molecule has 7 nitrogen and oxygen atoms in total. The summed E-state index contributed by atoms with van der Waals surface area (Å²) in [5.74, 6) is 1.45. The summed E-state index contributed by atoms with van der Waals surface area (Å²) in [6.07, 6.45) is 2.64. The number of halogens is 3. The van der Waals surface area contributed by atoms with Crippen molar-refractivity contribution >= 4 is 5.95 Å². The number of hydrogen-bond donors (Lipinski definition) is 0. The fourth-order valence-corrected chi connectivity index (χ4v) is 4.05. The SMILES string of the molecule is FC(F)(F)c1ccnc(N2CCC3(CC2)C[C@@H]3c2nc(-c3cccnc3)no2)n1. The van der Waals surface area contributed by atoms with Gasteiger partial charge in [0, 0.05) is 43.2 Å². The third-order valence-electron chi connectivity index (χ3n) is 5.82. The molecule has 1 saturated heterocycles. The zero-order valence-corrected chi connectivity index (χ0v) is 15.3. The second kappa shape index (κ2) is 6.50. The van der Waals surface area contributed by atoms with Gasteiger partial charge in [0.2, 0.25) is 17.7 Å². The van der Waals surface area contributed by atoms with Gasteiger partial charge in [0.15, 0.2) is 0 Å².